The minimum atomic E-state index is 0.686. The molecule has 0 spiro atoms. The fourth-order valence-electron chi connectivity index (χ4n) is 10.2. The topological polar surface area (TPSA) is 34.0 Å². The van der Waals surface area contributed by atoms with Gasteiger partial charge in [0, 0.05) is 50.0 Å². The molecule has 2 aromatic heterocycles. The molecule has 13 rings (SSSR count). The summed E-state index contributed by atoms with van der Waals surface area (Å²) in [6.45, 7) is 0. The Labute approximate surface area is 406 Å². The van der Waals surface area contributed by atoms with E-state index in [1.807, 2.05) is 6.07 Å². The molecule has 0 aliphatic heterocycles. The number of aromatic nitrogens is 3. The van der Waals surface area contributed by atoms with Gasteiger partial charge in [0.15, 0.2) is 5.82 Å². The zero-order valence-electron chi connectivity index (χ0n) is 38.2. The first kappa shape index (κ1) is 40.9. The number of para-hydroxylation sites is 1. The largest absolute Gasteiger partial charge is 0.310 e. The van der Waals surface area contributed by atoms with Crippen molar-refractivity contribution in [3.05, 3.63) is 267 Å². The van der Waals surface area contributed by atoms with E-state index < -0.39 is 0 Å². The van der Waals surface area contributed by atoms with Crippen molar-refractivity contribution in [3.63, 3.8) is 0 Å². The average Bonchev–Trinajstić information content (AvgIpc) is 3.78. The lowest BCUT2D eigenvalue weighted by molar-refractivity contribution is 1.17. The number of nitrogens with zero attached hydrogens (tertiary/aromatic N) is 4. The molecule has 0 saturated heterocycles. The summed E-state index contributed by atoms with van der Waals surface area (Å²) >= 11 is 0. The van der Waals surface area contributed by atoms with Crippen molar-refractivity contribution in [2.75, 3.05) is 4.90 Å². The highest BCUT2D eigenvalue weighted by Gasteiger charge is 2.21. The normalized spacial score (nSPS) is 11.4. The van der Waals surface area contributed by atoms with Gasteiger partial charge in [0.25, 0.3) is 0 Å². The van der Waals surface area contributed by atoms with Crippen LogP contribution >= 0.6 is 0 Å². The molecule has 0 aliphatic carbocycles. The van der Waals surface area contributed by atoms with E-state index in [1.165, 1.54) is 38.2 Å². The third kappa shape index (κ3) is 7.36. The molecule has 70 heavy (non-hydrogen) atoms. The molecule has 0 atom stereocenters. The highest BCUT2D eigenvalue weighted by Crippen LogP contribution is 2.43. The molecule has 0 radical (unpaired) electrons. The van der Waals surface area contributed by atoms with Gasteiger partial charge in [-0.05, 0) is 111 Å². The molecule has 328 valence electrons. The first-order chi connectivity index (χ1) is 34.7. The summed E-state index contributed by atoms with van der Waals surface area (Å²) in [7, 11) is 0. The van der Waals surface area contributed by atoms with E-state index in [9.17, 15) is 0 Å². The molecular formula is C66H44N4. The Morgan fingerprint density at radius 2 is 0.843 bits per heavy atom. The predicted molar refractivity (Wildman–Crippen MR) is 293 cm³/mol. The summed E-state index contributed by atoms with van der Waals surface area (Å²) < 4.78 is 2.43. The number of fused-ring (bicyclic) bond motifs is 6. The minimum absolute atomic E-state index is 0.686. The van der Waals surface area contributed by atoms with Crippen molar-refractivity contribution >= 4 is 60.5 Å². The van der Waals surface area contributed by atoms with Crippen LogP contribution in [0.25, 0.3) is 105 Å². The van der Waals surface area contributed by atoms with Gasteiger partial charge in [-0.2, -0.15) is 0 Å². The molecule has 2 heterocycles. The number of anilines is 3. The first-order valence-electron chi connectivity index (χ1n) is 23.8. The molecular weight excluding hydrogens is 849 g/mol. The van der Waals surface area contributed by atoms with E-state index in [0.717, 1.165) is 78.2 Å². The maximum Gasteiger partial charge on any atom is 0.160 e. The Balaban J connectivity index is 1.02. The van der Waals surface area contributed by atoms with Gasteiger partial charge in [-0.15, -0.1) is 0 Å². The van der Waals surface area contributed by atoms with Crippen LogP contribution in [0.5, 0.6) is 0 Å². The number of hydrogen-bond donors (Lipinski definition) is 0. The molecule has 0 unspecified atom stereocenters. The highest BCUT2D eigenvalue weighted by molar-refractivity contribution is 6.22. The van der Waals surface area contributed by atoms with Gasteiger partial charge in [0.1, 0.15) is 0 Å². The van der Waals surface area contributed by atoms with Gasteiger partial charge in [-0.25, -0.2) is 9.97 Å². The van der Waals surface area contributed by atoms with Crippen molar-refractivity contribution in [3.8, 4) is 61.7 Å². The maximum atomic E-state index is 5.47. The quantitative estimate of drug-likeness (QED) is 0.145. The molecule has 13 aromatic rings. The highest BCUT2D eigenvalue weighted by atomic mass is 15.1. The Morgan fingerprint density at radius 1 is 0.300 bits per heavy atom. The summed E-state index contributed by atoms with van der Waals surface area (Å²) in [4.78, 5) is 13.1. The van der Waals surface area contributed by atoms with E-state index >= 15 is 0 Å². The number of benzene rings is 11. The SMILES string of the molecule is c1ccc(-c2ccc(-c3nc(-c4cccc(-c5ccccc5)c4)c4cc(-n5c6cc(N(c7ccccc7)c7ccc(-c8ccccc8)cc7)ccc6c6c7ccccc7ccc65)ccc4n3)cc2)cc1. The molecule has 0 bridgehead atoms. The van der Waals surface area contributed by atoms with E-state index in [-0.39, 0.29) is 0 Å². The van der Waals surface area contributed by atoms with E-state index in [2.05, 4.69) is 270 Å². The van der Waals surface area contributed by atoms with Crippen molar-refractivity contribution in [2.45, 2.75) is 0 Å². The van der Waals surface area contributed by atoms with Crippen LogP contribution in [0.4, 0.5) is 17.1 Å². The lowest BCUT2D eigenvalue weighted by atomic mass is 9.99. The standard InChI is InChI=1S/C66H44N4/c1-5-16-45(17-6-1)48-28-30-51(31-29-48)66-67-61-40-38-56(43-60(61)65(68-66)53-24-15-23-52(42-53)47-20-9-3-10-21-47)70-62-41-34-50-22-13-14-27-58(50)64(62)59-39-37-57(44-63(59)70)69(54-25-11-4-12-26-54)55-35-32-49(33-36-55)46-18-7-2-8-19-46/h1-44H. The Morgan fingerprint density at radius 3 is 1.54 bits per heavy atom. The summed E-state index contributed by atoms with van der Waals surface area (Å²) in [6, 6.07) is 95.4. The van der Waals surface area contributed by atoms with Gasteiger partial charge in [0.05, 0.1) is 22.2 Å². The molecule has 0 saturated carbocycles. The fourth-order valence-corrected chi connectivity index (χ4v) is 10.2. The second-order valence-corrected chi connectivity index (χ2v) is 17.8. The van der Waals surface area contributed by atoms with Crippen LogP contribution in [-0.4, -0.2) is 14.5 Å². The summed E-state index contributed by atoms with van der Waals surface area (Å²) in [5.74, 6) is 0.686. The second-order valence-electron chi connectivity index (χ2n) is 17.8. The molecule has 0 N–H and O–H groups in total. The van der Waals surface area contributed by atoms with Crippen molar-refractivity contribution < 1.29 is 0 Å². The first-order valence-corrected chi connectivity index (χ1v) is 23.8. The molecule has 4 nitrogen and oxygen atoms in total. The zero-order valence-corrected chi connectivity index (χ0v) is 38.2. The van der Waals surface area contributed by atoms with Gasteiger partial charge >= 0.3 is 0 Å². The monoisotopic (exact) mass is 892 g/mol. The van der Waals surface area contributed by atoms with Gasteiger partial charge in [-0.1, -0.05) is 200 Å². The fraction of sp³-hybridized carbons (Fsp3) is 0. The minimum Gasteiger partial charge on any atom is -0.310 e. The molecule has 11 aromatic carbocycles. The Bertz CT molecular complexity index is 4020. The lowest BCUT2D eigenvalue weighted by Crippen LogP contribution is -2.10. The number of rotatable bonds is 9. The predicted octanol–water partition coefficient (Wildman–Crippen LogP) is 17.7. The van der Waals surface area contributed by atoms with Crippen LogP contribution in [0, 0.1) is 0 Å². The van der Waals surface area contributed by atoms with Crippen molar-refractivity contribution in [1.82, 2.24) is 14.5 Å². The lowest BCUT2D eigenvalue weighted by Gasteiger charge is -2.26. The van der Waals surface area contributed by atoms with E-state index in [4.69, 9.17) is 9.97 Å². The Hall–Kier alpha value is -9.38. The third-order valence-corrected chi connectivity index (χ3v) is 13.6. The summed E-state index contributed by atoms with van der Waals surface area (Å²) in [5.41, 5.74) is 17.2. The smallest absolute Gasteiger partial charge is 0.160 e. The van der Waals surface area contributed by atoms with Crippen LogP contribution < -0.4 is 4.90 Å². The van der Waals surface area contributed by atoms with Gasteiger partial charge in [-0.3, -0.25) is 0 Å². The summed E-state index contributed by atoms with van der Waals surface area (Å²) in [6.07, 6.45) is 0. The van der Waals surface area contributed by atoms with Crippen LogP contribution in [0.2, 0.25) is 0 Å². The van der Waals surface area contributed by atoms with Crippen LogP contribution in [0.15, 0.2) is 267 Å². The van der Waals surface area contributed by atoms with Crippen molar-refractivity contribution in [2.24, 2.45) is 0 Å². The zero-order chi connectivity index (χ0) is 46.4. The van der Waals surface area contributed by atoms with Gasteiger partial charge < -0.3 is 9.47 Å². The Kier molecular flexibility index (Phi) is 10.1. The van der Waals surface area contributed by atoms with Crippen LogP contribution in [-0.2, 0) is 0 Å². The average molecular weight is 893 g/mol. The van der Waals surface area contributed by atoms with E-state index in [1.54, 1.807) is 0 Å². The summed E-state index contributed by atoms with van der Waals surface area (Å²) in [5, 5.41) is 5.81. The van der Waals surface area contributed by atoms with Crippen LogP contribution in [0.1, 0.15) is 0 Å². The molecule has 0 fully saturated rings. The molecule has 0 aliphatic rings. The van der Waals surface area contributed by atoms with Gasteiger partial charge in [0.2, 0.25) is 0 Å². The van der Waals surface area contributed by atoms with Crippen molar-refractivity contribution in [1.29, 1.82) is 0 Å². The number of hydrogen-bond acceptors (Lipinski definition) is 3. The van der Waals surface area contributed by atoms with Crippen LogP contribution in [0.3, 0.4) is 0 Å². The molecule has 0 amide bonds. The maximum absolute atomic E-state index is 5.47. The second kappa shape index (κ2) is 17.4. The van der Waals surface area contributed by atoms with E-state index in [0.29, 0.717) is 5.82 Å². The molecule has 4 heteroatoms. The third-order valence-electron chi connectivity index (χ3n) is 13.6.